The van der Waals surface area contributed by atoms with Gasteiger partial charge in [-0.05, 0) is 22.8 Å². The normalized spacial score (nSPS) is 15.3. The molecular formula is C26H30N2O3. The fourth-order valence-corrected chi connectivity index (χ4v) is 4.28. The van der Waals surface area contributed by atoms with Gasteiger partial charge in [0, 0.05) is 37.8 Å². The molecule has 0 amide bonds. The number of ether oxygens (including phenoxy) is 3. The summed E-state index contributed by atoms with van der Waals surface area (Å²) >= 11 is 0. The summed E-state index contributed by atoms with van der Waals surface area (Å²) < 4.78 is 16.9. The number of nitrogens with one attached hydrogen (secondary N) is 1. The molecule has 5 nitrogen and oxygen atoms in total. The molecule has 5 heteroatoms. The van der Waals surface area contributed by atoms with Crippen LogP contribution in [0.2, 0.25) is 0 Å². The second-order valence-electron chi connectivity index (χ2n) is 7.63. The summed E-state index contributed by atoms with van der Waals surface area (Å²) in [6.07, 6.45) is 0. The van der Waals surface area contributed by atoms with E-state index in [1.165, 1.54) is 16.7 Å². The molecular weight excluding hydrogens is 388 g/mol. The maximum absolute atomic E-state index is 5.80. The largest absolute Gasteiger partial charge is 0.496 e. The van der Waals surface area contributed by atoms with Gasteiger partial charge in [0.1, 0.15) is 5.75 Å². The van der Waals surface area contributed by atoms with Gasteiger partial charge >= 0.3 is 0 Å². The number of hydrogen-bond acceptors (Lipinski definition) is 5. The first-order valence-corrected chi connectivity index (χ1v) is 10.6. The molecule has 1 atom stereocenters. The van der Waals surface area contributed by atoms with Gasteiger partial charge in [0.05, 0.1) is 27.4 Å². The number of nitrogens with zero attached hydrogens (tertiary/aromatic N) is 1. The lowest BCUT2D eigenvalue weighted by molar-refractivity contribution is 0.195. The van der Waals surface area contributed by atoms with E-state index in [9.17, 15) is 0 Å². The van der Waals surface area contributed by atoms with Crippen LogP contribution < -0.4 is 19.5 Å². The van der Waals surface area contributed by atoms with Gasteiger partial charge in [-0.15, -0.1) is 0 Å². The highest BCUT2D eigenvalue weighted by atomic mass is 16.5. The molecule has 3 aromatic rings. The van der Waals surface area contributed by atoms with Crippen LogP contribution in [0.1, 0.15) is 17.2 Å². The minimum absolute atomic E-state index is 0.0571. The van der Waals surface area contributed by atoms with E-state index in [1.807, 2.05) is 12.1 Å². The number of benzene rings is 3. The van der Waals surface area contributed by atoms with Crippen molar-refractivity contribution in [1.29, 1.82) is 0 Å². The Morgan fingerprint density at radius 2 is 1.29 bits per heavy atom. The number of piperazine rings is 1. The molecule has 0 bridgehead atoms. The smallest absolute Gasteiger partial charge is 0.164 e. The van der Waals surface area contributed by atoms with Crippen LogP contribution in [0.3, 0.4) is 0 Å². The van der Waals surface area contributed by atoms with Gasteiger partial charge in [-0.25, -0.2) is 0 Å². The van der Waals surface area contributed by atoms with Crippen molar-refractivity contribution in [1.82, 2.24) is 10.2 Å². The van der Waals surface area contributed by atoms with E-state index in [1.54, 1.807) is 21.3 Å². The monoisotopic (exact) mass is 418 g/mol. The molecule has 3 aromatic carbocycles. The minimum Gasteiger partial charge on any atom is -0.496 e. The van der Waals surface area contributed by atoms with Crippen LogP contribution in [-0.2, 0) is 0 Å². The van der Waals surface area contributed by atoms with Crippen molar-refractivity contribution in [3.05, 3.63) is 77.9 Å². The van der Waals surface area contributed by atoms with Crippen molar-refractivity contribution in [3.8, 4) is 28.4 Å². The molecule has 1 heterocycles. The second-order valence-corrected chi connectivity index (χ2v) is 7.63. The Balaban J connectivity index is 1.78. The highest BCUT2D eigenvalue weighted by molar-refractivity contribution is 5.64. The van der Waals surface area contributed by atoms with Gasteiger partial charge in [0.15, 0.2) is 11.5 Å². The van der Waals surface area contributed by atoms with E-state index in [-0.39, 0.29) is 6.04 Å². The number of methoxy groups -OCH3 is 3. The van der Waals surface area contributed by atoms with Gasteiger partial charge in [-0.2, -0.15) is 0 Å². The average molecular weight is 419 g/mol. The fourth-order valence-electron chi connectivity index (χ4n) is 4.28. The number of hydrogen-bond donors (Lipinski definition) is 1. The van der Waals surface area contributed by atoms with Crippen molar-refractivity contribution in [2.75, 3.05) is 47.5 Å². The Bertz CT molecular complexity index is 984. The highest BCUT2D eigenvalue weighted by Crippen LogP contribution is 2.42. The minimum atomic E-state index is 0.0571. The third-order valence-corrected chi connectivity index (χ3v) is 5.88. The van der Waals surface area contributed by atoms with Crippen molar-refractivity contribution in [2.24, 2.45) is 0 Å². The molecule has 1 aliphatic heterocycles. The van der Waals surface area contributed by atoms with E-state index in [4.69, 9.17) is 14.2 Å². The SMILES string of the molecule is COc1cc(OC)c(C(c2ccc(-c3ccccc3)cc2)N2CCNCC2)cc1OC. The van der Waals surface area contributed by atoms with Gasteiger partial charge in [0.25, 0.3) is 0 Å². The molecule has 1 saturated heterocycles. The first-order valence-electron chi connectivity index (χ1n) is 10.6. The molecule has 31 heavy (non-hydrogen) atoms. The lowest BCUT2D eigenvalue weighted by Gasteiger charge is -2.36. The van der Waals surface area contributed by atoms with Crippen molar-refractivity contribution in [3.63, 3.8) is 0 Å². The van der Waals surface area contributed by atoms with Crippen LogP contribution in [0.25, 0.3) is 11.1 Å². The van der Waals surface area contributed by atoms with Gasteiger partial charge in [-0.1, -0.05) is 54.6 Å². The van der Waals surface area contributed by atoms with E-state index >= 15 is 0 Å². The zero-order chi connectivity index (χ0) is 21.6. The zero-order valence-electron chi connectivity index (χ0n) is 18.4. The molecule has 4 rings (SSSR count). The van der Waals surface area contributed by atoms with Crippen molar-refractivity contribution >= 4 is 0 Å². The summed E-state index contributed by atoms with van der Waals surface area (Å²) in [6.45, 7) is 3.85. The molecule has 0 radical (unpaired) electrons. The molecule has 0 saturated carbocycles. The molecule has 1 aliphatic rings. The molecule has 0 aliphatic carbocycles. The summed E-state index contributed by atoms with van der Waals surface area (Å²) in [7, 11) is 5.02. The Morgan fingerprint density at radius 1 is 0.710 bits per heavy atom. The molecule has 1 fully saturated rings. The van der Waals surface area contributed by atoms with Crippen LogP contribution in [-0.4, -0.2) is 52.4 Å². The highest BCUT2D eigenvalue weighted by Gasteiger charge is 2.28. The molecule has 1 unspecified atom stereocenters. The Morgan fingerprint density at radius 3 is 1.90 bits per heavy atom. The van der Waals surface area contributed by atoms with Crippen LogP contribution in [0.4, 0.5) is 0 Å². The van der Waals surface area contributed by atoms with Crippen LogP contribution in [0.15, 0.2) is 66.7 Å². The van der Waals surface area contributed by atoms with E-state index in [2.05, 4.69) is 64.8 Å². The van der Waals surface area contributed by atoms with Gasteiger partial charge < -0.3 is 19.5 Å². The summed E-state index contributed by atoms with van der Waals surface area (Å²) in [6, 6.07) is 23.3. The third kappa shape index (κ3) is 4.53. The quantitative estimate of drug-likeness (QED) is 0.617. The lowest BCUT2D eigenvalue weighted by atomic mass is 9.93. The van der Waals surface area contributed by atoms with Crippen molar-refractivity contribution < 1.29 is 14.2 Å². The fraction of sp³-hybridized carbons (Fsp3) is 0.308. The Kier molecular flexibility index (Phi) is 6.75. The van der Waals surface area contributed by atoms with Crippen LogP contribution in [0, 0.1) is 0 Å². The van der Waals surface area contributed by atoms with Crippen LogP contribution in [0.5, 0.6) is 17.2 Å². The van der Waals surface area contributed by atoms with Gasteiger partial charge in [-0.3, -0.25) is 4.90 Å². The summed E-state index contributed by atoms with van der Waals surface area (Å²) in [4.78, 5) is 2.50. The lowest BCUT2D eigenvalue weighted by Crippen LogP contribution is -2.45. The molecule has 1 N–H and O–H groups in total. The van der Waals surface area contributed by atoms with Gasteiger partial charge in [0.2, 0.25) is 0 Å². The van der Waals surface area contributed by atoms with E-state index in [0.717, 1.165) is 37.5 Å². The average Bonchev–Trinajstić information content (AvgIpc) is 2.85. The second kappa shape index (κ2) is 9.86. The summed E-state index contributed by atoms with van der Waals surface area (Å²) in [5, 5.41) is 3.45. The summed E-state index contributed by atoms with van der Waals surface area (Å²) in [5.74, 6) is 2.18. The predicted molar refractivity (Wildman–Crippen MR) is 124 cm³/mol. The first-order chi connectivity index (χ1) is 15.2. The topological polar surface area (TPSA) is 43.0 Å². The number of rotatable bonds is 7. The zero-order valence-corrected chi connectivity index (χ0v) is 18.4. The Labute approximate surface area is 184 Å². The predicted octanol–water partition coefficient (Wildman–Crippen LogP) is 4.37. The summed E-state index contributed by atoms with van der Waals surface area (Å²) in [5.41, 5.74) is 4.74. The third-order valence-electron chi connectivity index (χ3n) is 5.88. The van der Waals surface area contributed by atoms with E-state index < -0.39 is 0 Å². The van der Waals surface area contributed by atoms with Crippen molar-refractivity contribution in [2.45, 2.75) is 6.04 Å². The molecule has 0 aromatic heterocycles. The Hall–Kier alpha value is -3.02. The molecule has 0 spiro atoms. The standard InChI is InChI=1S/C26H30N2O3/c1-29-23-18-25(31-3)24(30-2)17-22(23)26(28-15-13-27-14-16-28)21-11-9-20(10-12-21)19-7-5-4-6-8-19/h4-12,17-18,26-27H,13-16H2,1-3H3. The maximum atomic E-state index is 5.80. The molecule has 162 valence electrons. The van der Waals surface area contributed by atoms with E-state index in [0.29, 0.717) is 11.5 Å². The first kappa shape index (κ1) is 21.2. The van der Waals surface area contributed by atoms with Crippen LogP contribution >= 0.6 is 0 Å². The maximum Gasteiger partial charge on any atom is 0.164 e.